The maximum Gasteiger partial charge on any atom is 0.231 e. The molecule has 1 spiro atoms. The highest BCUT2D eigenvalue weighted by atomic mass is 16.7. The number of rotatable bonds is 2. The molecular weight excluding hydrogens is 366 g/mol. The molecule has 0 radical (unpaired) electrons. The molecule has 5 aliphatic rings. The van der Waals surface area contributed by atoms with E-state index in [0.29, 0.717) is 24.3 Å². The zero-order valence-electron chi connectivity index (χ0n) is 16.1. The zero-order chi connectivity index (χ0) is 19.5. The number of carbonyl (C=O) groups excluding carboxylic acids is 1. The Morgan fingerprint density at radius 1 is 1.21 bits per heavy atom. The van der Waals surface area contributed by atoms with Gasteiger partial charge in [-0.3, -0.25) is 4.79 Å². The molecule has 150 valence electrons. The summed E-state index contributed by atoms with van der Waals surface area (Å²) >= 11 is 0. The van der Waals surface area contributed by atoms with Crippen LogP contribution >= 0.6 is 0 Å². The van der Waals surface area contributed by atoms with Crippen molar-refractivity contribution in [3.05, 3.63) is 23.3 Å². The maximum absolute atomic E-state index is 13.1. The van der Waals surface area contributed by atoms with Gasteiger partial charge in [0.15, 0.2) is 11.5 Å². The molecular formula is C20H23NO7. The van der Waals surface area contributed by atoms with Crippen molar-refractivity contribution >= 4 is 5.91 Å². The number of nitrogens with zero attached hydrogens (tertiary/aromatic N) is 1. The normalized spacial score (nSPS) is 44.6. The Bertz CT molecular complexity index is 905. The van der Waals surface area contributed by atoms with Gasteiger partial charge in [0.05, 0.1) is 12.2 Å². The van der Waals surface area contributed by atoms with Crippen LogP contribution in [0.5, 0.6) is 11.5 Å². The summed E-state index contributed by atoms with van der Waals surface area (Å²) in [6.45, 7) is 0.178. The first kappa shape index (κ1) is 17.0. The molecule has 1 aromatic carbocycles. The molecule has 3 unspecified atom stereocenters. The quantitative estimate of drug-likeness (QED) is 0.803. The van der Waals surface area contributed by atoms with E-state index in [0.717, 1.165) is 11.1 Å². The molecule has 3 fully saturated rings. The Morgan fingerprint density at radius 3 is 2.68 bits per heavy atom. The monoisotopic (exact) mass is 389 g/mol. The molecule has 0 aromatic heterocycles. The molecule has 8 nitrogen and oxygen atoms in total. The number of methoxy groups -OCH3 is 2. The summed E-state index contributed by atoms with van der Waals surface area (Å²) in [5.41, 5.74) is 0.535. The van der Waals surface area contributed by atoms with Crippen LogP contribution in [-0.4, -0.2) is 67.5 Å². The average Bonchev–Trinajstić information content (AvgIpc) is 3.33. The van der Waals surface area contributed by atoms with Gasteiger partial charge in [-0.05, 0) is 29.7 Å². The van der Waals surface area contributed by atoms with Crippen LogP contribution in [0.2, 0.25) is 0 Å². The molecule has 1 aromatic rings. The van der Waals surface area contributed by atoms with Crippen LogP contribution in [0, 0.1) is 0 Å². The number of hydrogen-bond acceptors (Lipinski definition) is 7. The molecule has 3 aliphatic heterocycles. The van der Waals surface area contributed by atoms with Gasteiger partial charge in [0, 0.05) is 39.5 Å². The predicted octanol–water partition coefficient (Wildman–Crippen LogP) is 0.851. The molecule has 6 rings (SSSR count). The highest BCUT2D eigenvalue weighted by Crippen LogP contribution is 2.72. The van der Waals surface area contributed by atoms with Crippen molar-refractivity contribution in [3.8, 4) is 11.5 Å². The van der Waals surface area contributed by atoms with Crippen molar-refractivity contribution < 1.29 is 33.6 Å². The van der Waals surface area contributed by atoms with Crippen LogP contribution in [0.15, 0.2) is 12.1 Å². The van der Waals surface area contributed by atoms with Crippen LogP contribution in [0.4, 0.5) is 0 Å². The van der Waals surface area contributed by atoms with Crippen molar-refractivity contribution in [2.45, 2.75) is 54.3 Å². The summed E-state index contributed by atoms with van der Waals surface area (Å²) in [6.07, 6.45) is -0.596. The largest absolute Gasteiger partial charge is 0.454 e. The number of ether oxygens (including phenoxy) is 5. The molecule has 1 saturated carbocycles. The van der Waals surface area contributed by atoms with E-state index in [9.17, 15) is 9.90 Å². The lowest BCUT2D eigenvalue weighted by Gasteiger charge is -2.60. The summed E-state index contributed by atoms with van der Waals surface area (Å²) in [5, 5.41) is 11.1. The first-order chi connectivity index (χ1) is 13.4. The molecule has 6 atom stereocenters. The third-order valence-electron chi connectivity index (χ3n) is 7.81. The Hall–Kier alpha value is -1.87. The van der Waals surface area contributed by atoms with E-state index in [4.69, 9.17) is 23.7 Å². The van der Waals surface area contributed by atoms with E-state index in [-0.39, 0.29) is 25.2 Å². The molecule has 1 amide bonds. The zero-order valence-corrected chi connectivity index (χ0v) is 16.1. The number of fused-ring (bicyclic) bond motifs is 4. The van der Waals surface area contributed by atoms with E-state index in [1.165, 1.54) is 0 Å². The smallest absolute Gasteiger partial charge is 0.231 e. The van der Waals surface area contributed by atoms with Gasteiger partial charge in [0.2, 0.25) is 18.5 Å². The van der Waals surface area contributed by atoms with Crippen LogP contribution in [0.1, 0.15) is 36.5 Å². The van der Waals surface area contributed by atoms with Crippen LogP contribution in [0.3, 0.4) is 0 Å². The van der Waals surface area contributed by atoms with Gasteiger partial charge >= 0.3 is 0 Å². The van der Waals surface area contributed by atoms with Crippen molar-refractivity contribution in [2.24, 2.45) is 0 Å². The van der Waals surface area contributed by atoms with E-state index < -0.39 is 28.9 Å². The highest BCUT2D eigenvalue weighted by molar-refractivity contribution is 5.85. The number of aliphatic hydroxyl groups is 1. The molecule has 1 N–H and O–H groups in total. The van der Waals surface area contributed by atoms with E-state index >= 15 is 0 Å². The van der Waals surface area contributed by atoms with Crippen molar-refractivity contribution in [1.82, 2.24) is 4.90 Å². The second-order valence-electron chi connectivity index (χ2n) is 8.47. The van der Waals surface area contributed by atoms with E-state index in [1.54, 1.807) is 19.1 Å². The van der Waals surface area contributed by atoms with Crippen LogP contribution in [-0.2, 0) is 24.4 Å². The minimum Gasteiger partial charge on any atom is -0.454 e. The van der Waals surface area contributed by atoms with E-state index in [1.807, 2.05) is 19.2 Å². The summed E-state index contributed by atoms with van der Waals surface area (Å²) < 4.78 is 29.5. The van der Waals surface area contributed by atoms with Gasteiger partial charge in [-0.1, -0.05) is 0 Å². The van der Waals surface area contributed by atoms with Gasteiger partial charge in [-0.2, -0.15) is 0 Å². The minimum atomic E-state index is -1.27. The third kappa shape index (κ3) is 1.49. The fourth-order valence-electron chi connectivity index (χ4n) is 6.86. The number of amides is 1. The van der Waals surface area contributed by atoms with Crippen molar-refractivity contribution in [2.75, 3.05) is 28.1 Å². The molecule has 2 aliphatic carbocycles. The molecule has 2 saturated heterocycles. The predicted molar refractivity (Wildman–Crippen MR) is 94.0 cm³/mol. The lowest BCUT2D eigenvalue weighted by atomic mass is 9.50. The second kappa shape index (κ2) is 4.99. The fraction of sp³-hybridized carbons (Fsp3) is 0.650. The van der Waals surface area contributed by atoms with Gasteiger partial charge in [-0.15, -0.1) is 0 Å². The van der Waals surface area contributed by atoms with Crippen molar-refractivity contribution in [1.29, 1.82) is 0 Å². The Morgan fingerprint density at radius 2 is 1.96 bits per heavy atom. The van der Waals surface area contributed by atoms with Crippen molar-refractivity contribution in [3.63, 3.8) is 0 Å². The first-order valence-electron chi connectivity index (χ1n) is 9.58. The minimum absolute atomic E-state index is 0.0140. The summed E-state index contributed by atoms with van der Waals surface area (Å²) in [7, 11) is 4.92. The van der Waals surface area contributed by atoms with Gasteiger partial charge in [0.25, 0.3) is 0 Å². The topological polar surface area (TPSA) is 86.7 Å². The van der Waals surface area contributed by atoms with Crippen LogP contribution < -0.4 is 9.47 Å². The van der Waals surface area contributed by atoms with Crippen LogP contribution in [0.25, 0.3) is 0 Å². The second-order valence-corrected chi connectivity index (χ2v) is 8.47. The summed E-state index contributed by atoms with van der Waals surface area (Å²) in [4.78, 5) is 14.9. The first-order valence-corrected chi connectivity index (χ1v) is 9.58. The SMILES string of the molecule is CO[C@H]1[C@@H](O)CC23CC(=O)N(C)C24C[C@@H](OC14OC)c1cc2c(cc13)OCO2. The third-order valence-corrected chi connectivity index (χ3v) is 7.81. The number of likely N-dealkylation sites (N-methyl/N-ethyl adjacent to an activating group) is 1. The van der Waals surface area contributed by atoms with Gasteiger partial charge < -0.3 is 33.7 Å². The standard InChI is InChI=1S/C20H23NO7/c1-21-16(23)8-18-6-12(22)17(24-2)20(25-3)19(18,21)7-15(28-20)10-4-13-14(5-11(10)18)27-9-26-13/h4-5,12,15,17,22H,6-9H2,1-3H3/t12-,15+,17-,18?,19?,20?/m0/s1. The average molecular weight is 389 g/mol. The summed E-state index contributed by atoms with van der Waals surface area (Å²) in [5.74, 6) is 0.0923. The van der Waals surface area contributed by atoms with E-state index in [2.05, 4.69) is 0 Å². The Kier molecular flexibility index (Phi) is 3.04. The number of benzene rings is 1. The number of likely N-dealkylation sites (tertiary alicyclic amines) is 1. The lowest BCUT2D eigenvalue weighted by Crippen LogP contribution is -2.77. The Labute approximate surface area is 162 Å². The molecule has 28 heavy (non-hydrogen) atoms. The number of carbonyl (C=O) groups is 1. The molecule has 8 heteroatoms. The Balaban J connectivity index is 1.70. The lowest BCUT2D eigenvalue weighted by molar-refractivity contribution is -0.338. The van der Waals surface area contributed by atoms with Gasteiger partial charge in [-0.25, -0.2) is 0 Å². The maximum atomic E-state index is 13.1. The fourth-order valence-corrected chi connectivity index (χ4v) is 6.86. The molecule has 3 heterocycles. The number of hydrogen-bond donors (Lipinski definition) is 1. The summed E-state index contributed by atoms with van der Waals surface area (Å²) in [6, 6.07) is 3.93. The highest BCUT2D eigenvalue weighted by Gasteiger charge is 2.84. The van der Waals surface area contributed by atoms with Gasteiger partial charge in [0.1, 0.15) is 11.6 Å². The number of aliphatic hydroxyl groups excluding tert-OH is 1. The molecule has 2 bridgehead atoms.